The number of hydrogen-bond acceptors (Lipinski definition) is 6. The number of amides is 2. The van der Waals surface area contributed by atoms with Gasteiger partial charge in [0.1, 0.15) is 5.57 Å². The SMILES string of the molecule is COc1cc(/C=C2/C(=O)NC(=S)N(c3ccccc3)C2=O)cc(OC)c1OC. The van der Waals surface area contributed by atoms with Crippen molar-refractivity contribution in [2.75, 3.05) is 26.2 Å². The normalized spacial score (nSPS) is 15.5. The Balaban J connectivity index is 2.06. The molecule has 1 N–H and O–H groups in total. The van der Waals surface area contributed by atoms with Crippen LogP contribution < -0.4 is 24.4 Å². The lowest BCUT2D eigenvalue weighted by Crippen LogP contribution is -2.54. The molecule has 1 aliphatic rings. The first kappa shape index (κ1) is 19.4. The Kier molecular flexibility index (Phi) is 5.60. The zero-order valence-electron chi connectivity index (χ0n) is 15.5. The zero-order chi connectivity index (χ0) is 20.3. The number of hydrogen-bond donors (Lipinski definition) is 1. The molecule has 2 aromatic carbocycles. The minimum absolute atomic E-state index is 0.0308. The van der Waals surface area contributed by atoms with Crippen molar-refractivity contribution in [3.05, 3.63) is 53.6 Å². The van der Waals surface area contributed by atoms with E-state index in [-0.39, 0.29) is 10.7 Å². The Morgan fingerprint density at radius 1 is 0.964 bits per heavy atom. The molecular formula is C20H18N2O5S. The number of methoxy groups -OCH3 is 3. The third kappa shape index (κ3) is 3.54. The summed E-state index contributed by atoms with van der Waals surface area (Å²) in [5.41, 5.74) is 1.04. The van der Waals surface area contributed by atoms with Crippen LogP contribution in [0.3, 0.4) is 0 Å². The van der Waals surface area contributed by atoms with E-state index in [1.54, 1.807) is 36.4 Å². The number of benzene rings is 2. The quantitative estimate of drug-likeness (QED) is 0.474. The molecular weight excluding hydrogens is 380 g/mol. The van der Waals surface area contributed by atoms with Gasteiger partial charge in [0.25, 0.3) is 11.8 Å². The average Bonchev–Trinajstić information content (AvgIpc) is 2.70. The smallest absolute Gasteiger partial charge is 0.270 e. The summed E-state index contributed by atoms with van der Waals surface area (Å²) in [5.74, 6) is 0.143. The maximum atomic E-state index is 13.0. The van der Waals surface area contributed by atoms with Crippen LogP contribution in [0.5, 0.6) is 17.2 Å². The topological polar surface area (TPSA) is 77.1 Å². The lowest BCUT2D eigenvalue weighted by Gasteiger charge is -2.28. The van der Waals surface area contributed by atoms with E-state index >= 15 is 0 Å². The minimum atomic E-state index is -0.573. The molecule has 0 unspecified atom stereocenters. The molecule has 0 aliphatic carbocycles. The van der Waals surface area contributed by atoms with Crippen molar-refractivity contribution in [1.29, 1.82) is 0 Å². The van der Waals surface area contributed by atoms with E-state index in [9.17, 15) is 9.59 Å². The van der Waals surface area contributed by atoms with E-state index in [1.807, 2.05) is 6.07 Å². The molecule has 0 radical (unpaired) electrons. The van der Waals surface area contributed by atoms with Crippen LogP contribution in [-0.2, 0) is 9.59 Å². The van der Waals surface area contributed by atoms with Gasteiger partial charge in [-0.05, 0) is 48.1 Å². The van der Waals surface area contributed by atoms with Crippen LogP contribution in [0.15, 0.2) is 48.0 Å². The summed E-state index contributed by atoms with van der Waals surface area (Å²) < 4.78 is 15.9. The Hall–Kier alpha value is -3.39. The molecule has 0 spiro atoms. The summed E-state index contributed by atoms with van der Waals surface area (Å²) in [6, 6.07) is 12.2. The van der Waals surface area contributed by atoms with Gasteiger partial charge in [0, 0.05) is 0 Å². The number of para-hydroxylation sites is 1. The van der Waals surface area contributed by atoms with Crippen LogP contribution in [0.2, 0.25) is 0 Å². The van der Waals surface area contributed by atoms with Gasteiger partial charge in [-0.25, -0.2) is 0 Å². The predicted octanol–water partition coefficient (Wildman–Crippen LogP) is 2.54. The Morgan fingerprint density at radius 3 is 2.11 bits per heavy atom. The van der Waals surface area contributed by atoms with Crippen LogP contribution in [0.1, 0.15) is 5.56 Å². The zero-order valence-corrected chi connectivity index (χ0v) is 16.3. The Bertz CT molecular complexity index is 947. The van der Waals surface area contributed by atoms with Gasteiger partial charge in [-0.3, -0.25) is 19.8 Å². The van der Waals surface area contributed by atoms with E-state index < -0.39 is 11.8 Å². The molecule has 2 aromatic rings. The third-order valence-corrected chi connectivity index (χ3v) is 4.40. The van der Waals surface area contributed by atoms with E-state index in [2.05, 4.69) is 5.32 Å². The van der Waals surface area contributed by atoms with Crippen molar-refractivity contribution in [2.45, 2.75) is 0 Å². The number of ether oxygens (including phenoxy) is 3. The molecule has 0 aromatic heterocycles. The van der Waals surface area contributed by atoms with Crippen molar-refractivity contribution in [1.82, 2.24) is 5.32 Å². The standard InChI is InChI=1S/C20H18N2O5S/c1-25-15-10-12(11-16(26-2)17(15)27-3)9-14-18(23)21-20(28)22(19(14)24)13-7-5-4-6-8-13/h4-11H,1-3H3,(H,21,23,28)/b14-9-. The third-order valence-electron chi connectivity index (χ3n) is 4.11. The first-order chi connectivity index (χ1) is 13.5. The molecule has 7 nitrogen and oxygen atoms in total. The number of rotatable bonds is 5. The number of carbonyl (C=O) groups excluding carboxylic acids is 2. The number of nitrogens with one attached hydrogen (secondary N) is 1. The first-order valence-corrected chi connectivity index (χ1v) is 8.67. The van der Waals surface area contributed by atoms with Gasteiger partial charge in [-0.1, -0.05) is 18.2 Å². The fourth-order valence-corrected chi connectivity index (χ4v) is 3.10. The van der Waals surface area contributed by atoms with Gasteiger partial charge in [0.15, 0.2) is 16.6 Å². The molecule has 0 saturated carbocycles. The van der Waals surface area contributed by atoms with E-state index in [4.69, 9.17) is 26.4 Å². The number of anilines is 1. The molecule has 144 valence electrons. The fraction of sp³-hybridized carbons (Fsp3) is 0.150. The maximum absolute atomic E-state index is 13.0. The fourth-order valence-electron chi connectivity index (χ4n) is 2.82. The van der Waals surface area contributed by atoms with Crippen LogP contribution in [0, 0.1) is 0 Å². The van der Waals surface area contributed by atoms with Crippen molar-refractivity contribution >= 4 is 40.9 Å². The highest BCUT2D eigenvalue weighted by atomic mass is 32.1. The molecule has 1 heterocycles. The summed E-state index contributed by atoms with van der Waals surface area (Å²) in [6.07, 6.45) is 1.46. The van der Waals surface area contributed by atoms with Crippen molar-refractivity contribution in [3.8, 4) is 17.2 Å². The summed E-state index contributed by atoms with van der Waals surface area (Å²) in [7, 11) is 4.47. The molecule has 2 amide bonds. The van der Waals surface area contributed by atoms with Gasteiger partial charge in [-0.2, -0.15) is 0 Å². The number of thiocarbonyl (C=S) groups is 1. The summed E-state index contributed by atoms with van der Waals surface area (Å²) in [4.78, 5) is 26.7. The second-order valence-electron chi connectivity index (χ2n) is 5.75. The molecule has 1 saturated heterocycles. The van der Waals surface area contributed by atoms with Crippen molar-refractivity contribution in [2.24, 2.45) is 0 Å². The second-order valence-corrected chi connectivity index (χ2v) is 6.14. The monoisotopic (exact) mass is 398 g/mol. The molecule has 0 atom stereocenters. The summed E-state index contributed by atoms with van der Waals surface area (Å²) >= 11 is 5.18. The number of nitrogens with zero attached hydrogens (tertiary/aromatic N) is 1. The number of carbonyl (C=O) groups is 2. The minimum Gasteiger partial charge on any atom is -0.493 e. The average molecular weight is 398 g/mol. The van der Waals surface area contributed by atoms with Crippen LogP contribution in [-0.4, -0.2) is 38.3 Å². The van der Waals surface area contributed by atoms with Gasteiger partial charge < -0.3 is 14.2 Å². The van der Waals surface area contributed by atoms with Gasteiger partial charge in [0.2, 0.25) is 5.75 Å². The van der Waals surface area contributed by atoms with Crippen molar-refractivity contribution < 1.29 is 23.8 Å². The predicted molar refractivity (Wildman–Crippen MR) is 109 cm³/mol. The molecule has 1 aliphatic heterocycles. The van der Waals surface area contributed by atoms with E-state index in [0.29, 0.717) is 28.5 Å². The molecule has 28 heavy (non-hydrogen) atoms. The summed E-state index contributed by atoms with van der Waals surface area (Å²) in [6.45, 7) is 0. The van der Waals surface area contributed by atoms with Gasteiger partial charge in [-0.15, -0.1) is 0 Å². The highest BCUT2D eigenvalue weighted by Gasteiger charge is 2.34. The molecule has 3 rings (SSSR count). The van der Waals surface area contributed by atoms with Crippen molar-refractivity contribution in [3.63, 3.8) is 0 Å². The van der Waals surface area contributed by atoms with E-state index in [0.717, 1.165) is 0 Å². The van der Waals surface area contributed by atoms with Gasteiger partial charge in [0.05, 0.1) is 27.0 Å². The maximum Gasteiger partial charge on any atom is 0.270 e. The van der Waals surface area contributed by atoms with Crippen LogP contribution >= 0.6 is 12.2 Å². The van der Waals surface area contributed by atoms with Crippen LogP contribution in [0.25, 0.3) is 6.08 Å². The highest BCUT2D eigenvalue weighted by molar-refractivity contribution is 7.80. The Morgan fingerprint density at radius 2 is 1.57 bits per heavy atom. The highest BCUT2D eigenvalue weighted by Crippen LogP contribution is 2.39. The largest absolute Gasteiger partial charge is 0.493 e. The summed E-state index contributed by atoms with van der Waals surface area (Å²) in [5, 5.41) is 2.58. The second kappa shape index (κ2) is 8.10. The first-order valence-electron chi connectivity index (χ1n) is 8.26. The molecule has 0 bridgehead atoms. The van der Waals surface area contributed by atoms with E-state index in [1.165, 1.54) is 32.3 Å². The lowest BCUT2D eigenvalue weighted by molar-refractivity contribution is -0.122. The van der Waals surface area contributed by atoms with Gasteiger partial charge >= 0.3 is 0 Å². The Labute approximate surface area is 167 Å². The molecule has 8 heteroatoms. The lowest BCUT2D eigenvalue weighted by atomic mass is 10.1. The van der Waals surface area contributed by atoms with Crippen LogP contribution in [0.4, 0.5) is 5.69 Å². The molecule has 1 fully saturated rings.